The van der Waals surface area contributed by atoms with Crippen LogP contribution in [-0.4, -0.2) is 28.6 Å². The Morgan fingerprint density at radius 3 is 2.57 bits per heavy atom. The largest absolute Gasteiger partial charge is 0.494 e. The minimum absolute atomic E-state index is 0.00819. The molecule has 0 saturated heterocycles. The second kappa shape index (κ2) is 8.21. The SMILES string of the molecule is CCOc1ccc(NC(=O)N2CCn3cccc3[C@@H]2Cc2ccccc2)cc1. The normalized spacial score (nSPS) is 15.8. The third-order valence-electron chi connectivity index (χ3n) is 5.11. The zero-order valence-electron chi connectivity index (χ0n) is 16.0. The summed E-state index contributed by atoms with van der Waals surface area (Å²) in [5, 5.41) is 3.04. The van der Waals surface area contributed by atoms with Gasteiger partial charge in [0, 0.05) is 30.7 Å². The molecule has 0 fully saturated rings. The predicted molar refractivity (Wildman–Crippen MR) is 111 cm³/mol. The van der Waals surface area contributed by atoms with Gasteiger partial charge < -0.3 is 19.5 Å². The number of fused-ring (bicyclic) bond motifs is 1. The van der Waals surface area contributed by atoms with E-state index in [0.717, 1.165) is 24.4 Å². The van der Waals surface area contributed by atoms with E-state index in [2.05, 4.69) is 40.3 Å². The molecule has 0 bridgehead atoms. The van der Waals surface area contributed by atoms with Gasteiger partial charge in [-0.05, 0) is 55.3 Å². The number of nitrogens with zero attached hydrogens (tertiary/aromatic N) is 2. The van der Waals surface area contributed by atoms with Crippen LogP contribution >= 0.6 is 0 Å². The molecular weight excluding hydrogens is 350 g/mol. The third-order valence-corrected chi connectivity index (χ3v) is 5.11. The van der Waals surface area contributed by atoms with Crippen molar-refractivity contribution in [3.05, 3.63) is 84.2 Å². The Kier molecular flexibility index (Phi) is 5.33. The van der Waals surface area contributed by atoms with Crippen molar-refractivity contribution in [3.8, 4) is 5.75 Å². The lowest BCUT2D eigenvalue weighted by Gasteiger charge is -2.37. The molecule has 3 aromatic rings. The maximum absolute atomic E-state index is 13.1. The van der Waals surface area contributed by atoms with Crippen molar-refractivity contribution in [3.63, 3.8) is 0 Å². The Morgan fingerprint density at radius 2 is 1.82 bits per heavy atom. The predicted octanol–water partition coefficient (Wildman–Crippen LogP) is 4.72. The van der Waals surface area contributed by atoms with Crippen molar-refractivity contribution >= 4 is 11.7 Å². The van der Waals surface area contributed by atoms with Gasteiger partial charge >= 0.3 is 6.03 Å². The van der Waals surface area contributed by atoms with Gasteiger partial charge in [0.2, 0.25) is 0 Å². The van der Waals surface area contributed by atoms with Crippen molar-refractivity contribution in [2.45, 2.75) is 25.9 Å². The summed E-state index contributed by atoms with van der Waals surface area (Å²) in [6, 6.07) is 22.0. The highest BCUT2D eigenvalue weighted by Gasteiger charge is 2.31. The number of nitrogens with one attached hydrogen (secondary N) is 1. The summed E-state index contributed by atoms with van der Waals surface area (Å²) in [5.41, 5.74) is 3.17. The molecule has 28 heavy (non-hydrogen) atoms. The zero-order chi connectivity index (χ0) is 19.3. The number of anilines is 1. The van der Waals surface area contributed by atoms with Crippen molar-refractivity contribution < 1.29 is 9.53 Å². The average molecular weight is 375 g/mol. The molecule has 1 aliphatic heterocycles. The van der Waals surface area contributed by atoms with Gasteiger partial charge in [-0.25, -0.2) is 4.79 Å². The number of hydrogen-bond donors (Lipinski definition) is 1. The molecule has 2 heterocycles. The van der Waals surface area contributed by atoms with E-state index in [1.807, 2.05) is 54.3 Å². The number of benzene rings is 2. The molecule has 5 heteroatoms. The fraction of sp³-hybridized carbons (Fsp3) is 0.261. The van der Waals surface area contributed by atoms with Crippen LogP contribution in [0.5, 0.6) is 5.75 Å². The molecule has 144 valence electrons. The van der Waals surface area contributed by atoms with Gasteiger partial charge in [-0.2, -0.15) is 0 Å². The molecule has 5 nitrogen and oxygen atoms in total. The number of urea groups is 1. The van der Waals surface area contributed by atoms with E-state index >= 15 is 0 Å². The first-order valence-electron chi connectivity index (χ1n) is 9.74. The van der Waals surface area contributed by atoms with Gasteiger partial charge in [0.25, 0.3) is 0 Å². The van der Waals surface area contributed by atoms with Crippen LogP contribution in [-0.2, 0) is 13.0 Å². The number of aromatic nitrogens is 1. The summed E-state index contributed by atoms with van der Waals surface area (Å²) >= 11 is 0. The number of carbonyl (C=O) groups is 1. The topological polar surface area (TPSA) is 46.5 Å². The molecule has 1 aliphatic rings. The van der Waals surface area contributed by atoms with Crippen LogP contribution in [0.2, 0.25) is 0 Å². The van der Waals surface area contributed by atoms with Gasteiger partial charge in [0.1, 0.15) is 5.75 Å². The Bertz CT molecular complexity index is 919. The second-order valence-corrected chi connectivity index (χ2v) is 6.91. The first-order chi connectivity index (χ1) is 13.7. The first-order valence-corrected chi connectivity index (χ1v) is 9.74. The zero-order valence-corrected chi connectivity index (χ0v) is 16.0. The molecule has 1 N–H and O–H groups in total. The fourth-order valence-electron chi connectivity index (χ4n) is 3.76. The van der Waals surface area contributed by atoms with Gasteiger partial charge in [-0.3, -0.25) is 0 Å². The Hall–Kier alpha value is -3.21. The van der Waals surface area contributed by atoms with E-state index in [4.69, 9.17) is 4.74 Å². The summed E-state index contributed by atoms with van der Waals surface area (Å²) < 4.78 is 7.71. The highest BCUT2D eigenvalue weighted by Crippen LogP contribution is 2.30. The Morgan fingerprint density at radius 1 is 1.04 bits per heavy atom. The van der Waals surface area contributed by atoms with Crippen LogP contribution in [0.15, 0.2) is 72.9 Å². The van der Waals surface area contributed by atoms with E-state index < -0.39 is 0 Å². The smallest absolute Gasteiger partial charge is 0.322 e. The van der Waals surface area contributed by atoms with Crippen molar-refractivity contribution in [2.24, 2.45) is 0 Å². The molecule has 0 aliphatic carbocycles. The summed E-state index contributed by atoms with van der Waals surface area (Å²) in [6.45, 7) is 4.07. The van der Waals surface area contributed by atoms with Crippen molar-refractivity contribution in [1.82, 2.24) is 9.47 Å². The maximum Gasteiger partial charge on any atom is 0.322 e. The van der Waals surface area contributed by atoms with Crippen LogP contribution < -0.4 is 10.1 Å². The lowest BCUT2D eigenvalue weighted by Crippen LogP contribution is -2.44. The second-order valence-electron chi connectivity index (χ2n) is 6.91. The van der Waals surface area contributed by atoms with Crippen molar-refractivity contribution in [2.75, 3.05) is 18.5 Å². The van der Waals surface area contributed by atoms with Crippen molar-refractivity contribution in [1.29, 1.82) is 0 Å². The molecule has 4 rings (SSSR count). The number of rotatable bonds is 5. The molecular formula is C23H25N3O2. The molecule has 0 spiro atoms. The number of ether oxygens (including phenoxy) is 1. The number of hydrogen-bond acceptors (Lipinski definition) is 2. The highest BCUT2D eigenvalue weighted by molar-refractivity contribution is 5.89. The van der Waals surface area contributed by atoms with E-state index in [0.29, 0.717) is 13.2 Å². The summed E-state index contributed by atoms with van der Waals surface area (Å²) in [4.78, 5) is 15.0. The standard InChI is InChI=1S/C23H25N3O2/c1-2-28-20-12-10-19(11-13-20)24-23(27)26-16-15-25-14-6-9-21(25)22(26)17-18-7-4-3-5-8-18/h3-14,22H,2,15-17H2,1H3,(H,24,27)/t22-/m0/s1. The highest BCUT2D eigenvalue weighted by atomic mass is 16.5. The molecule has 2 aromatic carbocycles. The maximum atomic E-state index is 13.1. The quantitative estimate of drug-likeness (QED) is 0.701. The van der Waals surface area contributed by atoms with Gasteiger partial charge in [-0.15, -0.1) is 0 Å². The van der Waals surface area contributed by atoms with E-state index in [9.17, 15) is 4.79 Å². The van der Waals surface area contributed by atoms with Crippen LogP contribution in [0.1, 0.15) is 24.2 Å². The molecule has 0 saturated carbocycles. The van der Waals surface area contributed by atoms with Gasteiger partial charge in [0.05, 0.1) is 12.6 Å². The minimum Gasteiger partial charge on any atom is -0.494 e. The first kappa shape index (κ1) is 18.2. The molecule has 0 unspecified atom stereocenters. The Balaban J connectivity index is 1.53. The summed E-state index contributed by atoms with van der Waals surface area (Å²) in [6.07, 6.45) is 2.89. The van der Waals surface area contributed by atoms with E-state index in [-0.39, 0.29) is 12.1 Å². The molecule has 0 radical (unpaired) electrons. The van der Waals surface area contributed by atoms with Crippen LogP contribution in [0.25, 0.3) is 0 Å². The summed E-state index contributed by atoms with van der Waals surface area (Å²) in [5.74, 6) is 0.804. The number of amides is 2. The van der Waals surface area contributed by atoms with E-state index in [1.54, 1.807) is 0 Å². The third kappa shape index (κ3) is 3.88. The van der Waals surface area contributed by atoms with Crippen LogP contribution in [0.4, 0.5) is 10.5 Å². The molecule has 1 atom stereocenters. The molecule has 1 aromatic heterocycles. The lowest BCUT2D eigenvalue weighted by atomic mass is 10.0. The Labute approximate surface area is 165 Å². The minimum atomic E-state index is -0.0717. The lowest BCUT2D eigenvalue weighted by molar-refractivity contribution is 0.167. The van der Waals surface area contributed by atoms with Crippen LogP contribution in [0, 0.1) is 0 Å². The number of carbonyl (C=O) groups excluding carboxylic acids is 1. The fourth-order valence-corrected chi connectivity index (χ4v) is 3.76. The van der Waals surface area contributed by atoms with Gasteiger partial charge in [0.15, 0.2) is 0 Å². The molecule has 2 amide bonds. The monoisotopic (exact) mass is 375 g/mol. The van der Waals surface area contributed by atoms with Gasteiger partial charge in [-0.1, -0.05) is 30.3 Å². The van der Waals surface area contributed by atoms with Crippen LogP contribution in [0.3, 0.4) is 0 Å². The van der Waals surface area contributed by atoms with E-state index in [1.165, 1.54) is 11.3 Å². The summed E-state index contributed by atoms with van der Waals surface area (Å²) in [7, 11) is 0. The average Bonchev–Trinajstić information content (AvgIpc) is 3.20.